The zero-order valence-corrected chi connectivity index (χ0v) is 13.4. The molecule has 4 nitrogen and oxygen atoms in total. The lowest BCUT2D eigenvalue weighted by atomic mass is 10.2. The second-order valence-corrected chi connectivity index (χ2v) is 5.94. The number of anilines is 1. The number of carbonyl (C=O) groups is 1. The summed E-state index contributed by atoms with van der Waals surface area (Å²) in [4.78, 5) is 14.2. The minimum atomic E-state index is -0.0556. The first-order chi connectivity index (χ1) is 8.88. The standard InChI is InChI=1S/C13H18BrN3OS/c1-9(13(15)19)7-17(2)8-12(18)16-11-5-3-10(14)4-6-11/h3-6,9H,7-8H2,1-2H3,(H2,15,19)(H,16,18). The van der Waals surface area contributed by atoms with Gasteiger partial charge in [0, 0.05) is 22.6 Å². The van der Waals surface area contributed by atoms with Gasteiger partial charge in [0.15, 0.2) is 0 Å². The van der Waals surface area contributed by atoms with Crippen molar-refractivity contribution in [2.24, 2.45) is 11.7 Å². The van der Waals surface area contributed by atoms with E-state index in [1.165, 1.54) is 0 Å². The number of thiocarbonyl (C=S) groups is 1. The summed E-state index contributed by atoms with van der Waals surface area (Å²) in [6, 6.07) is 7.46. The van der Waals surface area contributed by atoms with E-state index in [2.05, 4.69) is 21.2 Å². The Balaban J connectivity index is 2.42. The van der Waals surface area contributed by atoms with E-state index in [9.17, 15) is 4.79 Å². The number of amides is 1. The summed E-state index contributed by atoms with van der Waals surface area (Å²) < 4.78 is 0.980. The molecule has 104 valence electrons. The fraction of sp³-hybridized carbons (Fsp3) is 0.385. The first kappa shape index (κ1) is 16.1. The number of benzene rings is 1. The van der Waals surface area contributed by atoms with Crippen molar-refractivity contribution < 1.29 is 4.79 Å². The number of nitrogens with one attached hydrogen (secondary N) is 1. The third kappa shape index (κ3) is 6.13. The summed E-state index contributed by atoms with van der Waals surface area (Å²) in [6.07, 6.45) is 0. The molecule has 1 atom stereocenters. The molecule has 19 heavy (non-hydrogen) atoms. The molecule has 0 spiro atoms. The largest absolute Gasteiger partial charge is 0.393 e. The maximum Gasteiger partial charge on any atom is 0.238 e. The molecule has 1 unspecified atom stereocenters. The summed E-state index contributed by atoms with van der Waals surface area (Å²) >= 11 is 8.26. The van der Waals surface area contributed by atoms with E-state index >= 15 is 0 Å². The fourth-order valence-corrected chi connectivity index (χ4v) is 1.94. The van der Waals surface area contributed by atoms with Gasteiger partial charge < -0.3 is 11.1 Å². The highest BCUT2D eigenvalue weighted by Crippen LogP contribution is 2.14. The van der Waals surface area contributed by atoms with Crippen LogP contribution in [0.5, 0.6) is 0 Å². The monoisotopic (exact) mass is 343 g/mol. The molecule has 0 saturated heterocycles. The lowest BCUT2D eigenvalue weighted by molar-refractivity contribution is -0.117. The zero-order chi connectivity index (χ0) is 14.4. The summed E-state index contributed by atoms with van der Waals surface area (Å²) in [5.41, 5.74) is 6.33. The Labute approximate surface area is 127 Å². The third-order valence-corrected chi connectivity index (χ3v) is 3.54. The molecular weight excluding hydrogens is 326 g/mol. The topological polar surface area (TPSA) is 58.4 Å². The van der Waals surface area contributed by atoms with Gasteiger partial charge in [-0.1, -0.05) is 35.1 Å². The van der Waals surface area contributed by atoms with Crippen LogP contribution in [0, 0.1) is 5.92 Å². The number of nitrogens with zero attached hydrogens (tertiary/aromatic N) is 1. The summed E-state index contributed by atoms with van der Waals surface area (Å²) in [5, 5.41) is 2.84. The van der Waals surface area contributed by atoms with E-state index in [4.69, 9.17) is 18.0 Å². The average molecular weight is 344 g/mol. The Kier molecular flexibility index (Phi) is 6.41. The predicted molar refractivity (Wildman–Crippen MR) is 86.2 cm³/mol. The van der Waals surface area contributed by atoms with Crippen molar-refractivity contribution in [1.29, 1.82) is 0 Å². The number of nitrogens with two attached hydrogens (primary N) is 1. The van der Waals surface area contributed by atoms with Gasteiger partial charge in [-0.2, -0.15) is 0 Å². The van der Waals surface area contributed by atoms with Crippen molar-refractivity contribution in [3.63, 3.8) is 0 Å². The first-order valence-electron chi connectivity index (χ1n) is 5.91. The van der Waals surface area contributed by atoms with Crippen LogP contribution in [0.4, 0.5) is 5.69 Å². The molecule has 1 aromatic rings. The SMILES string of the molecule is CC(CN(C)CC(=O)Nc1ccc(Br)cc1)C(N)=S. The van der Waals surface area contributed by atoms with E-state index in [1.807, 2.05) is 43.1 Å². The highest BCUT2D eigenvalue weighted by Gasteiger charge is 2.12. The molecule has 0 aliphatic heterocycles. The Bertz CT molecular complexity index is 450. The molecule has 0 aliphatic carbocycles. The maximum absolute atomic E-state index is 11.8. The van der Waals surface area contributed by atoms with Crippen molar-refractivity contribution in [3.05, 3.63) is 28.7 Å². The summed E-state index contributed by atoms with van der Waals surface area (Å²) in [6.45, 7) is 2.93. The molecule has 3 N–H and O–H groups in total. The molecule has 0 bridgehead atoms. The molecule has 6 heteroatoms. The van der Waals surface area contributed by atoms with Gasteiger partial charge in [-0.3, -0.25) is 9.69 Å². The number of halogens is 1. The smallest absolute Gasteiger partial charge is 0.238 e. The van der Waals surface area contributed by atoms with Crippen LogP contribution in [0.15, 0.2) is 28.7 Å². The van der Waals surface area contributed by atoms with Crippen molar-refractivity contribution >= 4 is 44.7 Å². The maximum atomic E-state index is 11.8. The Morgan fingerprint density at radius 2 is 2.05 bits per heavy atom. The Morgan fingerprint density at radius 3 is 2.58 bits per heavy atom. The van der Waals surface area contributed by atoms with Crippen molar-refractivity contribution in [1.82, 2.24) is 4.90 Å². The van der Waals surface area contributed by atoms with E-state index in [1.54, 1.807) is 0 Å². The number of hydrogen-bond donors (Lipinski definition) is 2. The zero-order valence-electron chi connectivity index (χ0n) is 11.0. The molecule has 1 rings (SSSR count). The number of hydrogen-bond acceptors (Lipinski definition) is 3. The van der Waals surface area contributed by atoms with Gasteiger partial charge in [0.2, 0.25) is 5.91 Å². The Morgan fingerprint density at radius 1 is 1.47 bits per heavy atom. The van der Waals surface area contributed by atoms with E-state index in [-0.39, 0.29) is 11.8 Å². The summed E-state index contributed by atoms with van der Waals surface area (Å²) in [7, 11) is 1.87. The van der Waals surface area contributed by atoms with Crippen molar-refractivity contribution in [3.8, 4) is 0 Å². The minimum absolute atomic E-state index is 0.0556. The predicted octanol–water partition coefficient (Wildman–Crippen LogP) is 2.24. The van der Waals surface area contributed by atoms with Crippen LogP contribution in [-0.4, -0.2) is 35.9 Å². The Hall–Kier alpha value is -0.980. The van der Waals surface area contributed by atoms with Gasteiger partial charge in [-0.05, 0) is 31.3 Å². The fourth-order valence-electron chi connectivity index (χ4n) is 1.60. The number of likely N-dealkylation sites (N-methyl/N-ethyl adjacent to an activating group) is 1. The number of rotatable bonds is 6. The average Bonchev–Trinajstić information content (AvgIpc) is 2.31. The third-order valence-electron chi connectivity index (χ3n) is 2.61. The van der Waals surface area contributed by atoms with Crippen LogP contribution in [0.25, 0.3) is 0 Å². The second kappa shape index (κ2) is 7.57. The molecule has 0 aliphatic rings. The van der Waals surface area contributed by atoms with Crippen LogP contribution in [-0.2, 0) is 4.79 Å². The minimum Gasteiger partial charge on any atom is -0.393 e. The van der Waals surface area contributed by atoms with Gasteiger partial charge in [-0.25, -0.2) is 0 Å². The van der Waals surface area contributed by atoms with Gasteiger partial charge >= 0.3 is 0 Å². The summed E-state index contributed by atoms with van der Waals surface area (Å²) in [5.74, 6) is 0.0421. The molecule has 0 heterocycles. The van der Waals surface area contributed by atoms with Crippen molar-refractivity contribution in [2.75, 3.05) is 25.5 Å². The van der Waals surface area contributed by atoms with Gasteiger partial charge in [0.25, 0.3) is 0 Å². The van der Waals surface area contributed by atoms with E-state index < -0.39 is 0 Å². The quantitative estimate of drug-likeness (QED) is 0.777. The van der Waals surface area contributed by atoms with E-state index in [0.29, 0.717) is 18.1 Å². The lowest BCUT2D eigenvalue weighted by Crippen LogP contribution is -2.36. The van der Waals surface area contributed by atoms with Crippen molar-refractivity contribution in [2.45, 2.75) is 6.92 Å². The molecular formula is C13H18BrN3OS. The lowest BCUT2D eigenvalue weighted by Gasteiger charge is -2.20. The highest BCUT2D eigenvalue weighted by molar-refractivity contribution is 9.10. The highest BCUT2D eigenvalue weighted by atomic mass is 79.9. The molecule has 1 amide bonds. The van der Waals surface area contributed by atoms with Crippen LogP contribution in [0.1, 0.15) is 6.92 Å². The molecule has 0 aromatic heterocycles. The molecule has 0 saturated carbocycles. The van der Waals surface area contributed by atoms with Crippen LogP contribution in [0.2, 0.25) is 0 Å². The molecule has 0 fully saturated rings. The van der Waals surface area contributed by atoms with E-state index in [0.717, 1.165) is 10.2 Å². The van der Waals surface area contributed by atoms with Crippen LogP contribution in [0.3, 0.4) is 0 Å². The molecule has 1 aromatic carbocycles. The van der Waals surface area contributed by atoms with Gasteiger partial charge in [0.1, 0.15) is 0 Å². The first-order valence-corrected chi connectivity index (χ1v) is 7.12. The van der Waals surface area contributed by atoms with Gasteiger partial charge in [-0.15, -0.1) is 0 Å². The van der Waals surface area contributed by atoms with Crippen LogP contribution >= 0.6 is 28.1 Å². The van der Waals surface area contributed by atoms with Gasteiger partial charge in [0.05, 0.1) is 11.5 Å². The molecule has 0 radical (unpaired) electrons. The normalized spacial score (nSPS) is 12.2. The second-order valence-electron chi connectivity index (χ2n) is 4.56. The number of carbonyl (C=O) groups excluding carboxylic acids is 1. The van der Waals surface area contributed by atoms with Crippen LogP contribution < -0.4 is 11.1 Å².